The van der Waals surface area contributed by atoms with Gasteiger partial charge in [-0.25, -0.2) is 9.97 Å². The molecule has 0 saturated carbocycles. The number of rotatable bonds is 1. The van der Waals surface area contributed by atoms with Crippen molar-refractivity contribution < 1.29 is 0 Å². The van der Waals surface area contributed by atoms with Gasteiger partial charge in [-0.1, -0.05) is 11.6 Å². The summed E-state index contributed by atoms with van der Waals surface area (Å²) >= 11 is 7.30. The van der Waals surface area contributed by atoms with Gasteiger partial charge in [0.2, 0.25) is 0 Å². The molecule has 3 nitrogen and oxygen atoms in total. The summed E-state index contributed by atoms with van der Waals surface area (Å²) in [5, 5.41) is 3.27. The number of aromatic nitrogens is 3. The van der Waals surface area contributed by atoms with Gasteiger partial charge < -0.3 is 4.98 Å². The molecule has 2 rings (SSSR count). The molecule has 0 saturated heterocycles. The molecule has 11 heavy (non-hydrogen) atoms. The molecule has 0 aliphatic rings. The summed E-state index contributed by atoms with van der Waals surface area (Å²) in [5.41, 5.74) is 0.724. The lowest BCUT2D eigenvalue weighted by atomic mass is 10.5. The van der Waals surface area contributed by atoms with E-state index in [2.05, 4.69) is 15.0 Å². The highest BCUT2D eigenvalue weighted by Crippen LogP contribution is 2.25. The van der Waals surface area contributed by atoms with E-state index in [0.717, 1.165) is 10.7 Å². The van der Waals surface area contributed by atoms with Gasteiger partial charge in [-0.15, -0.1) is 11.3 Å². The van der Waals surface area contributed by atoms with Gasteiger partial charge in [0.05, 0.1) is 6.33 Å². The van der Waals surface area contributed by atoms with Crippen LogP contribution >= 0.6 is 22.9 Å². The van der Waals surface area contributed by atoms with Gasteiger partial charge in [0.25, 0.3) is 0 Å². The molecule has 1 N–H and O–H groups in total. The molecule has 0 amide bonds. The van der Waals surface area contributed by atoms with E-state index in [9.17, 15) is 0 Å². The molecule has 2 aromatic rings. The Kier molecular flexibility index (Phi) is 1.63. The fraction of sp³-hybridized carbons (Fsp3) is 0. The van der Waals surface area contributed by atoms with Gasteiger partial charge in [0.15, 0.2) is 0 Å². The fourth-order valence-electron chi connectivity index (χ4n) is 0.768. The van der Waals surface area contributed by atoms with Crippen molar-refractivity contribution in [1.29, 1.82) is 0 Å². The molecule has 0 bridgehead atoms. The van der Waals surface area contributed by atoms with Crippen molar-refractivity contribution >= 4 is 22.9 Å². The Labute approximate surface area is 72.1 Å². The van der Waals surface area contributed by atoms with Crippen molar-refractivity contribution in [3.8, 4) is 10.7 Å². The number of thiazole rings is 1. The molecule has 0 unspecified atom stereocenters. The third kappa shape index (κ3) is 1.15. The summed E-state index contributed by atoms with van der Waals surface area (Å²) in [7, 11) is 0. The minimum atomic E-state index is 0.542. The second kappa shape index (κ2) is 2.64. The molecule has 0 aliphatic heterocycles. The number of nitrogens with one attached hydrogen (secondary N) is 1. The molecular formula is C6H4ClN3S. The average Bonchev–Trinajstić information content (AvgIpc) is 2.55. The van der Waals surface area contributed by atoms with Gasteiger partial charge >= 0.3 is 0 Å². The van der Waals surface area contributed by atoms with Crippen molar-refractivity contribution in [2.24, 2.45) is 0 Å². The first-order valence-electron chi connectivity index (χ1n) is 2.96. The minimum absolute atomic E-state index is 0.542. The molecule has 56 valence electrons. The van der Waals surface area contributed by atoms with Gasteiger partial charge in [0.1, 0.15) is 15.9 Å². The standard InChI is InChI=1S/C6H4ClN3S/c7-5-4(9-3-10-5)6-8-1-2-11-6/h1-3H,(H,9,10). The number of halogens is 1. The van der Waals surface area contributed by atoms with Crippen molar-refractivity contribution in [3.63, 3.8) is 0 Å². The lowest BCUT2D eigenvalue weighted by Crippen LogP contribution is -1.74. The van der Waals surface area contributed by atoms with Crippen molar-refractivity contribution in [2.45, 2.75) is 0 Å². The van der Waals surface area contributed by atoms with E-state index in [-0.39, 0.29) is 0 Å². The Morgan fingerprint density at radius 2 is 2.36 bits per heavy atom. The Hall–Kier alpha value is -0.870. The molecule has 0 spiro atoms. The molecule has 5 heteroatoms. The lowest BCUT2D eigenvalue weighted by Gasteiger charge is -1.86. The molecule has 0 aromatic carbocycles. The first-order valence-corrected chi connectivity index (χ1v) is 4.22. The van der Waals surface area contributed by atoms with Gasteiger partial charge in [0, 0.05) is 11.6 Å². The van der Waals surface area contributed by atoms with Crippen LogP contribution in [0.3, 0.4) is 0 Å². The molecule has 0 atom stereocenters. The summed E-state index contributed by atoms with van der Waals surface area (Å²) in [4.78, 5) is 10.9. The lowest BCUT2D eigenvalue weighted by molar-refractivity contribution is 1.30. The smallest absolute Gasteiger partial charge is 0.144 e. The van der Waals surface area contributed by atoms with Crippen LogP contribution < -0.4 is 0 Å². The zero-order chi connectivity index (χ0) is 7.68. The van der Waals surface area contributed by atoms with Gasteiger partial charge in [-0.3, -0.25) is 0 Å². The normalized spacial score (nSPS) is 10.3. The van der Waals surface area contributed by atoms with Crippen LogP contribution in [0.2, 0.25) is 5.15 Å². The van der Waals surface area contributed by atoms with E-state index in [1.807, 2.05) is 5.38 Å². The molecular weight excluding hydrogens is 182 g/mol. The van der Waals surface area contributed by atoms with Crippen LogP contribution in [0.15, 0.2) is 17.9 Å². The maximum Gasteiger partial charge on any atom is 0.144 e. The van der Waals surface area contributed by atoms with E-state index in [4.69, 9.17) is 11.6 Å². The zero-order valence-electron chi connectivity index (χ0n) is 5.41. The summed E-state index contributed by atoms with van der Waals surface area (Å²) in [6.07, 6.45) is 3.28. The SMILES string of the molecule is Clc1[nH]cnc1-c1nccs1. The van der Waals surface area contributed by atoms with E-state index < -0.39 is 0 Å². The largest absolute Gasteiger partial charge is 0.335 e. The quantitative estimate of drug-likeness (QED) is 0.740. The molecule has 0 aliphatic carbocycles. The van der Waals surface area contributed by atoms with Crippen LogP contribution in [0.4, 0.5) is 0 Å². The zero-order valence-corrected chi connectivity index (χ0v) is 6.99. The van der Waals surface area contributed by atoms with E-state index in [1.165, 1.54) is 11.3 Å². The molecule has 0 fully saturated rings. The van der Waals surface area contributed by atoms with Crippen LogP contribution in [0.5, 0.6) is 0 Å². The molecule has 2 aromatic heterocycles. The van der Waals surface area contributed by atoms with E-state index in [0.29, 0.717) is 5.15 Å². The third-order valence-corrected chi connectivity index (χ3v) is 2.30. The number of hydrogen-bond donors (Lipinski definition) is 1. The highest BCUT2D eigenvalue weighted by Gasteiger charge is 2.06. The second-order valence-corrected chi connectivity index (χ2v) is 3.17. The predicted molar refractivity (Wildman–Crippen MR) is 44.7 cm³/mol. The topological polar surface area (TPSA) is 41.6 Å². The van der Waals surface area contributed by atoms with Crippen LogP contribution in [0, 0.1) is 0 Å². The highest BCUT2D eigenvalue weighted by atomic mass is 35.5. The molecule has 0 radical (unpaired) electrons. The maximum absolute atomic E-state index is 5.78. The summed E-state index contributed by atoms with van der Waals surface area (Å²) in [6.45, 7) is 0. The van der Waals surface area contributed by atoms with Crippen molar-refractivity contribution in [2.75, 3.05) is 0 Å². The summed E-state index contributed by atoms with van der Waals surface area (Å²) < 4.78 is 0. The molecule has 2 heterocycles. The number of H-pyrrole nitrogens is 1. The Balaban J connectivity index is 2.53. The first-order chi connectivity index (χ1) is 5.38. The van der Waals surface area contributed by atoms with Crippen LogP contribution in [-0.2, 0) is 0 Å². The van der Waals surface area contributed by atoms with Crippen LogP contribution in [0.1, 0.15) is 0 Å². The number of imidazole rings is 1. The first kappa shape index (κ1) is 6.82. The van der Waals surface area contributed by atoms with Crippen molar-refractivity contribution in [3.05, 3.63) is 23.1 Å². The number of aromatic amines is 1. The Morgan fingerprint density at radius 3 is 2.91 bits per heavy atom. The van der Waals surface area contributed by atoms with E-state index >= 15 is 0 Å². The van der Waals surface area contributed by atoms with Crippen LogP contribution in [0.25, 0.3) is 10.7 Å². The van der Waals surface area contributed by atoms with E-state index in [1.54, 1.807) is 12.5 Å². The third-order valence-electron chi connectivity index (χ3n) is 1.23. The summed E-state index contributed by atoms with van der Waals surface area (Å²) in [5.74, 6) is 0. The van der Waals surface area contributed by atoms with Crippen molar-refractivity contribution in [1.82, 2.24) is 15.0 Å². The number of nitrogens with zero attached hydrogens (tertiary/aromatic N) is 2. The Bertz CT molecular complexity index is 340. The van der Waals surface area contributed by atoms with Gasteiger partial charge in [-0.05, 0) is 0 Å². The monoisotopic (exact) mass is 185 g/mol. The summed E-state index contributed by atoms with van der Waals surface area (Å²) in [6, 6.07) is 0. The van der Waals surface area contributed by atoms with Gasteiger partial charge in [-0.2, -0.15) is 0 Å². The minimum Gasteiger partial charge on any atom is -0.335 e. The second-order valence-electron chi connectivity index (χ2n) is 1.90. The van der Waals surface area contributed by atoms with Crippen LogP contribution in [-0.4, -0.2) is 15.0 Å². The predicted octanol–water partition coefficient (Wildman–Crippen LogP) is 2.19. The fourth-order valence-corrected chi connectivity index (χ4v) is 1.65. The average molecular weight is 186 g/mol. The maximum atomic E-state index is 5.78. The highest BCUT2D eigenvalue weighted by molar-refractivity contribution is 7.13. The number of hydrogen-bond acceptors (Lipinski definition) is 3. The Morgan fingerprint density at radius 1 is 1.45 bits per heavy atom.